The van der Waals surface area contributed by atoms with Gasteiger partial charge in [-0.2, -0.15) is 0 Å². The Hall–Kier alpha value is -1.11. The number of nitrogens with zero attached hydrogens (tertiary/aromatic N) is 1. The number of ether oxygens (including phenoxy) is 3. The third-order valence-corrected chi connectivity index (χ3v) is 10.0. The van der Waals surface area contributed by atoms with Gasteiger partial charge in [0.2, 0.25) is 0 Å². The topological polar surface area (TPSA) is 138 Å². The van der Waals surface area contributed by atoms with E-state index in [-0.39, 0.29) is 5.04 Å². The van der Waals surface area contributed by atoms with E-state index in [0.29, 0.717) is 0 Å². The molecule has 1 aliphatic rings. The first-order valence-electron chi connectivity index (χ1n) is 9.02. The molecule has 1 fully saturated rings. The third-order valence-electron chi connectivity index (χ3n) is 5.20. The number of aromatic amines is 1. The van der Waals surface area contributed by atoms with Gasteiger partial charge in [-0.05, 0) is 18.1 Å². The number of hydrogen-bond donors (Lipinski definition) is 2. The molecule has 1 aromatic rings. The second-order valence-corrected chi connectivity index (χ2v) is 13.7. The van der Waals surface area contributed by atoms with Crippen LogP contribution in [0.1, 0.15) is 27.0 Å². The standard InChI is InChI=1S/C16H29N2O9PSi/c1-16(2,3)29(5,6)27-12-11(23-4)13(18-8-7-10(19)17-15(18)20)26-14(12)24-9-25-28(21)22/h7-8,11-14,28H,9H2,1-6H3,(H,21,22)(H,17,19,20)/t11-,12+,13-,14+/m1/s1. The Morgan fingerprint density at radius 2 is 1.97 bits per heavy atom. The molecule has 1 unspecified atom stereocenters. The van der Waals surface area contributed by atoms with Gasteiger partial charge in [0, 0.05) is 19.4 Å². The average Bonchev–Trinajstić information content (AvgIpc) is 2.90. The van der Waals surface area contributed by atoms with E-state index in [9.17, 15) is 14.2 Å². The number of H-pyrrole nitrogens is 1. The summed E-state index contributed by atoms with van der Waals surface area (Å²) in [5, 5.41) is -0.129. The average molecular weight is 452 g/mol. The fourth-order valence-corrected chi connectivity index (χ4v) is 4.08. The van der Waals surface area contributed by atoms with Gasteiger partial charge >= 0.3 is 13.9 Å². The van der Waals surface area contributed by atoms with Gasteiger partial charge in [0.05, 0.1) is 0 Å². The second-order valence-electron chi connectivity index (χ2n) is 8.15. The smallest absolute Gasteiger partial charge is 0.330 e. The maximum absolute atomic E-state index is 12.3. The Bertz CT molecular complexity index is 835. The van der Waals surface area contributed by atoms with E-state index in [1.807, 2.05) is 13.1 Å². The van der Waals surface area contributed by atoms with Crippen LogP contribution in [0.4, 0.5) is 0 Å². The minimum atomic E-state index is -3.18. The highest BCUT2D eigenvalue weighted by atomic mass is 31.1. The first-order valence-corrected chi connectivity index (χ1v) is 13.2. The lowest BCUT2D eigenvalue weighted by Gasteiger charge is -2.40. The summed E-state index contributed by atoms with van der Waals surface area (Å²) in [4.78, 5) is 34.7. The number of rotatable bonds is 8. The molecule has 0 spiro atoms. The monoisotopic (exact) mass is 452 g/mol. The summed E-state index contributed by atoms with van der Waals surface area (Å²) in [7, 11) is -4.05. The molecule has 5 atom stereocenters. The molecule has 13 heteroatoms. The second kappa shape index (κ2) is 9.35. The quantitative estimate of drug-likeness (QED) is 0.338. The first kappa shape index (κ1) is 24.2. The summed E-state index contributed by atoms with van der Waals surface area (Å²) < 4.78 is 40.0. The maximum atomic E-state index is 12.3. The van der Waals surface area contributed by atoms with Gasteiger partial charge in [-0.3, -0.25) is 23.4 Å². The highest BCUT2D eigenvalue weighted by molar-refractivity contribution is 7.32. The van der Waals surface area contributed by atoms with Crippen LogP contribution in [0, 0.1) is 0 Å². The van der Waals surface area contributed by atoms with E-state index in [1.54, 1.807) is 0 Å². The predicted octanol–water partition coefficient (Wildman–Crippen LogP) is 1.17. The van der Waals surface area contributed by atoms with E-state index in [1.165, 1.54) is 23.9 Å². The van der Waals surface area contributed by atoms with Crippen molar-refractivity contribution in [2.75, 3.05) is 13.9 Å². The molecule has 0 aliphatic carbocycles. The third kappa shape index (κ3) is 5.73. The van der Waals surface area contributed by atoms with Crippen LogP contribution >= 0.6 is 8.25 Å². The van der Waals surface area contributed by atoms with Gasteiger partial charge in [0.25, 0.3) is 5.56 Å². The Kier molecular flexibility index (Phi) is 7.79. The number of aromatic nitrogens is 2. The molecule has 0 radical (unpaired) electrons. The summed E-state index contributed by atoms with van der Waals surface area (Å²) >= 11 is 0. The van der Waals surface area contributed by atoms with Crippen LogP contribution in [0.3, 0.4) is 0 Å². The molecule has 1 aromatic heterocycles. The molecule has 166 valence electrons. The lowest BCUT2D eigenvalue weighted by atomic mass is 10.2. The zero-order valence-corrected chi connectivity index (χ0v) is 19.3. The normalized spacial score (nSPS) is 26.6. The van der Waals surface area contributed by atoms with Crippen molar-refractivity contribution >= 4 is 16.6 Å². The van der Waals surface area contributed by atoms with Crippen molar-refractivity contribution in [2.45, 2.75) is 63.6 Å². The number of methoxy groups -OCH3 is 1. The Balaban J connectivity index is 2.37. The van der Waals surface area contributed by atoms with E-state index < -0.39 is 59.3 Å². The molecular formula is C16H29N2O9PSi. The molecular weight excluding hydrogens is 423 g/mol. The molecule has 2 rings (SSSR count). The summed E-state index contributed by atoms with van der Waals surface area (Å²) in [5.74, 6) is 0. The van der Waals surface area contributed by atoms with E-state index in [2.05, 4.69) is 30.3 Å². The van der Waals surface area contributed by atoms with Crippen molar-refractivity contribution in [1.82, 2.24) is 9.55 Å². The van der Waals surface area contributed by atoms with Crippen LogP contribution in [0.25, 0.3) is 0 Å². The van der Waals surface area contributed by atoms with Crippen molar-refractivity contribution in [1.29, 1.82) is 0 Å². The highest BCUT2D eigenvalue weighted by Gasteiger charge is 2.52. The highest BCUT2D eigenvalue weighted by Crippen LogP contribution is 2.42. The molecule has 0 saturated carbocycles. The van der Waals surface area contributed by atoms with E-state index in [0.717, 1.165) is 0 Å². The van der Waals surface area contributed by atoms with Crippen LogP contribution in [-0.2, 0) is 27.7 Å². The molecule has 29 heavy (non-hydrogen) atoms. The van der Waals surface area contributed by atoms with Gasteiger partial charge in [-0.25, -0.2) is 4.79 Å². The van der Waals surface area contributed by atoms with E-state index >= 15 is 0 Å². The van der Waals surface area contributed by atoms with Crippen molar-refractivity contribution < 1.29 is 32.6 Å². The molecule has 0 bridgehead atoms. The Labute approximate surface area is 170 Å². The van der Waals surface area contributed by atoms with Gasteiger partial charge in [0.15, 0.2) is 27.6 Å². The summed E-state index contributed by atoms with van der Waals surface area (Å²) in [5.41, 5.74) is -1.21. The Morgan fingerprint density at radius 1 is 1.31 bits per heavy atom. The zero-order chi connectivity index (χ0) is 22.0. The van der Waals surface area contributed by atoms with Crippen molar-refractivity contribution in [3.8, 4) is 0 Å². The Morgan fingerprint density at radius 3 is 2.48 bits per heavy atom. The van der Waals surface area contributed by atoms with Crippen LogP contribution in [0.15, 0.2) is 21.9 Å². The molecule has 11 nitrogen and oxygen atoms in total. The largest absolute Gasteiger partial charge is 0.406 e. The molecule has 2 N–H and O–H groups in total. The molecule has 2 heterocycles. The lowest BCUT2D eigenvalue weighted by molar-refractivity contribution is -0.200. The fourth-order valence-electron chi connectivity index (χ4n) is 2.64. The fraction of sp³-hybridized carbons (Fsp3) is 0.750. The first-order chi connectivity index (χ1) is 13.4. The minimum absolute atomic E-state index is 0.129. The van der Waals surface area contributed by atoms with Gasteiger partial charge in [-0.1, -0.05) is 20.8 Å². The van der Waals surface area contributed by atoms with Gasteiger partial charge < -0.3 is 23.5 Å². The lowest BCUT2D eigenvalue weighted by Crippen LogP contribution is -2.50. The van der Waals surface area contributed by atoms with Crippen LogP contribution < -0.4 is 11.2 Å². The van der Waals surface area contributed by atoms with Crippen LogP contribution in [0.2, 0.25) is 18.1 Å². The van der Waals surface area contributed by atoms with Crippen LogP contribution in [0.5, 0.6) is 0 Å². The molecule has 1 saturated heterocycles. The van der Waals surface area contributed by atoms with Crippen molar-refractivity contribution in [2.24, 2.45) is 0 Å². The van der Waals surface area contributed by atoms with Gasteiger partial charge in [0.1, 0.15) is 12.2 Å². The molecule has 1 aliphatic heterocycles. The zero-order valence-electron chi connectivity index (χ0n) is 17.3. The van der Waals surface area contributed by atoms with Gasteiger partial charge in [-0.15, -0.1) is 0 Å². The SMILES string of the molecule is CO[C@@H]1[C@H](O[Si](C)(C)C(C)(C)C)[C@@H](OCO[PH](=O)O)O[C@H]1n1ccc(=O)[nH]c1=O. The molecule has 0 aromatic carbocycles. The summed E-state index contributed by atoms with van der Waals surface area (Å²) in [6, 6.07) is 1.19. The molecule has 0 amide bonds. The van der Waals surface area contributed by atoms with E-state index in [4.69, 9.17) is 23.5 Å². The minimum Gasteiger partial charge on any atom is -0.406 e. The van der Waals surface area contributed by atoms with Crippen molar-refractivity contribution in [3.63, 3.8) is 0 Å². The summed E-state index contributed by atoms with van der Waals surface area (Å²) in [6.45, 7) is 9.78. The summed E-state index contributed by atoms with van der Waals surface area (Å²) in [6.07, 6.45) is -2.17. The van der Waals surface area contributed by atoms with Crippen molar-refractivity contribution in [3.05, 3.63) is 33.1 Å². The number of hydrogen-bond acceptors (Lipinski definition) is 8. The van der Waals surface area contributed by atoms with Crippen LogP contribution in [-0.4, -0.2) is 55.2 Å². The maximum Gasteiger partial charge on any atom is 0.330 e. The predicted molar refractivity (Wildman–Crippen MR) is 106 cm³/mol. The number of nitrogens with one attached hydrogen (secondary N) is 1.